The van der Waals surface area contributed by atoms with E-state index in [0.717, 1.165) is 24.0 Å². The fraction of sp³-hybridized carbons (Fsp3) is 0.259. The minimum Gasteiger partial charge on any atom is -0.446 e. The summed E-state index contributed by atoms with van der Waals surface area (Å²) in [6.07, 6.45) is 9.49. The Morgan fingerprint density at radius 3 is 2.58 bits per heavy atom. The van der Waals surface area contributed by atoms with E-state index in [2.05, 4.69) is 15.1 Å². The highest BCUT2D eigenvalue weighted by atomic mass is 32.2. The summed E-state index contributed by atoms with van der Waals surface area (Å²) in [6, 6.07) is 12.4. The number of hydrogen-bond acceptors (Lipinski definition) is 7. The summed E-state index contributed by atoms with van der Waals surface area (Å²) < 4.78 is 37.7. The average Bonchev–Trinajstić information content (AvgIpc) is 3.70. The predicted molar refractivity (Wildman–Crippen MR) is 140 cm³/mol. The van der Waals surface area contributed by atoms with Crippen LogP contribution in [-0.4, -0.2) is 48.9 Å². The molecule has 1 saturated carbocycles. The highest BCUT2D eigenvalue weighted by Gasteiger charge is 2.31. The van der Waals surface area contributed by atoms with Crippen molar-refractivity contribution in [3.8, 4) is 11.4 Å². The minimum atomic E-state index is -3.94. The Balaban J connectivity index is 1.36. The molecule has 6 rings (SSSR count). The van der Waals surface area contributed by atoms with Crippen LogP contribution in [0.5, 0.6) is 0 Å². The molecule has 38 heavy (non-hydrogen) atoms. The Morgan fingerprint density at radius 1 is 1.05 bits per heavy atom. The molecular weight excluding hydrogens is 504 g/mol. The van der Waals surface area contributed by atoms with Crippen LogP contribution in [0.3, 0.4) is 0 Å². The number of hydrogen-bond donors (Lipinski definition) is 0. The Morgan fingerprint density at radius 2 is 1.87 bits per heavy atom. The second-order valence-electron chi connectivity index (χ2n) is 9.62. The zero-order chi connectivity index (χ0) is 26.4. The first-order valence-electron chi connectivity index (χ1n) is 12.3. The quantitative estimate of drug-likeness (QED) is 0.329. The SMILES string of the molecule is Cc1ccc(S(=O)(=O)n2c(-c3ccnn3C)cc3cc([C@H]4CC[C@@H](OC(=O)n5ccnc5)C4)cnc32)cc1. The summed E-state index contributed by atoms with van der Waals surface area (Å²) in [7, 11) is -2.16. The van der Waals surface area contributed by atoms with Crippen molar-refractivity contribution < 1.29 is 17.9 Å². The van der Waals surface area contributed by atoms with Crippen LogP contribution >= 0.6 is 0 Å². The van der Waals surface area contributed by atoms with Gasteiger partial charge in [-0.05, 0) is 68.0 Å². The molecule has 0 unspecified atom stereocenters. The minimum absolute atomic E-state index is 0.143. The lowest BCUT2D eigenvalue weighted by Crippen LogP contribution is -2.19. The van der Waals surface area contributed by atoms with E-state index >= 15 is 0 Å². The summed E-state index contributed by atoms with van der Waals surface area (Å²) in [5.41, 5.74) is 3.46. The van der Waals surface area contributed by atoms with Crippen LogP contribution < -0.4 is 0 Å². The topological polar surface area (TPSA) is 114 Å². The van der Waals surface area contributed by atoms with Gasteiger partial charge in [0, 0.05) is 37.2 Å². The molecule has 1 aliphatic carbocycles. The van der Waals surface area contributed by atoms with Gasteiger partial charge >= 0.3 is 6.09 Å². The molecule has 0 aliphatic heterocycles. The Labute approximate surface area is 219 Å². The number of carbonyl (C=O) groups is 1. The van der Waals surface area contributed by atoms with Gasteiger partial charge in [-0.2, -0.15) is 5.10 Å². The molecular formula is C27H26N6O4S. The van der Waals surface area contributed by atoms with Crippen LogP contribution in [0.15, 0.2) is 78.5 Å². The van der Waals surface area contributed by atoms with Crippen molar-refractivity contribution in [3.05, 3.63) is 84.7 Å². The van der Waals surface area contributed by atoms with Crippen molar-refractivity contribution in [1.82, 2.24) is 28.3 Å². The number of imidazole rings is 1. The number of nitrogens with zero attached hydrogens (tertiary/aromatic N) is 6. The second kappa shape index (κ2) is 9.25. The Kier molecular flexibility index (Phi) is 5.87. The number of ether oxygens (including phenoxy) is 1. The molecule has 0 N–H and O–H groups in total. The third kappa shape index (κ3) is 4.18. The van der Waals surface area contributed by atoms with Crippen LogP contribution in [0.4, 0.5) is 4.79 Å². The molecule has 0 spiro atoms. The van der Waals surface area contributed by atoms with Crippen LogP contribution in [0.25, 0.3) is 22.4 Å². The number of aryl methyl sites for hydroxylation is 2. The predicted octanol–water partition coefficient (Wildman–Crippen LogP) is 4.50. The summed E-state index contributed by atoms with van der Waals surface area (Å²) in [5.74, 6) is 0.143. The van der Waals surface area contributed by atoms with E-state index in [1.165, 1.54) is 21.1 Å². The van der Waals surface area contributed by atoms with Gasteiger partial charge in [0.15, 0.2) is 5.65 Å². The summed E-state index contributed by atoms with van der Waals surface area (Å²) in [6.45, 7) is 1.91. The van der Waals surface area contributed by atoms with Crippen molar-refractivity contribution in [1.29, 1.82) is 0 Å². The average molecular weight is 531 g/mol. The molecule has 2 atom stereocenters. The maximum Gasteiger partial charge on any atom is 0.419 e. The number of fused-ring (bicyclic) bond motifs is 1. The number of rotatable bonds is 5. The third-order valence-electron chi connectivity index (χ3n) is 7.10. The third-order valence-corrected chi connectivity index (χ3v) is 8.82. The van der Waals surface area contributed by atoms with Gasteiger partial charge in [-0.1, -0.05) is 17.7 Å². The molecule has 1 fully saturated rings. The molecule has 10 nitrogen and oxygen atoms in total. The van der Waals surface area contributed by atoms with Gasteiger partial charge in [0.25, 0.3) is 10.0 Å². The molecule has 0 radical (unpaired) electrons. The zero-order valence-corrected chi connectivity index (χ0v) is 21.7. The summed E-state index contributed by atoms with van der Waals surface area (Å²) in [4.78, 5) is 21.0. The lowest BCUT2D eigenvalue weighted by molar-refractivity contribution is 0.101. The fourth-order valence-electron chi connectivity index (χ4n) is 5.09. The summed E-state index contributed by atoms with van der Waals surface area (Å²) >= 11 is 0. The van der Waals surface area contributed by atoms with E-state index in [9.17, 15) is 13.2 Å². The van der Waals surface area contributed by atoms with Crippen LogP contribution in [0.1, 0.15) is 36.3 Å². The summed E-state index contributed by atoms with van der Waals surface area (Å²) in [5, 5.41) is 4.96. The zero-order valence-electron chi connectivity index (χ0n) is 20.9. The Hall–Kier alpha value is -4.25. The van der Waals surface area contributed by atoms with Gasteiger partial charge in [0.1, 0.15) is 12.4 Å². The standard InChI is InChI=1S/C27H26N6O4S/c1-18-3-7-23(8-4-18)38(35,36)33-25(24-9-10-30-31(24)2)15-20-13-21(16-29-26(20)33)19-5-6-22(14-19)37-27(34)32-12-11-28-17-32/h3-4,7-13,15-17,19,22H,5-6,14H2,1-2H3/t19-,22+/m0/s1. The van der Waals surface area contributed by atoms with Gasteiger partial charge in [-0.3, -0.25) is 4.68 Å². The lowest BCUT2D eigenvalue weighted by Gasteiger charge is -2.14. The number of benzene rings is 1. The maximum absolute atomic E-state index is 13.9. The first kappa shape index (κ1) is 24.1. The van der Waals surface area contributed by atoms with Crippen LogP contribution in [0, 0.1) is 6.92 Å². The molecule has 1 aromatic carbocycles. The Bertz CT molecular complexity index is 1740. The second-order valence-corrected chi connectivity index (χ2v) is 11.4. The van der Waals surface area contributed by atoms with Gasteiger partial charge in [0.2, 0.25) is 0 Å². The molecule has 4 aromatic heterocycles. The van der Waals surface area contributed by atoms with Crippen molar-refractivity contribution in [2.24, 2.45) is 7.05 Å². The molecule has 11 heteroatoms. The first-order valence-corrected chi connectivity index (χ1v) is 13.8. The normalized spacial score (nSPS) is 17.7. The number of carbonyl (C=O) groups excluding carboxylic acids is 1. The van der Waals surface area contributed by atoms with Crippen molar-refractivity contribution >= 4 is 27.1 Å². The lowest BCUT2D eigenvalue weighted by atomic mass is 9.98. The van der Waals surface area contributed by atoms with Crippen molar-refractivity contribution in [2.45, 2.75) is 43.1 Å². The molecule has 5 aromatic rings. The van der Waals surface area contributed by atoms with E-state index in [4.69, 9.17) is 4.74 Å². The molecule has 1 aliphatic rings. The van der Waals surface area contributed by atoms with Crippen LogP contribution in [0.2, 0.25) is 0 Å². The van der Waals surface area contributed by atoms with E-state index in [-0.39, 0.29) is 16.9 Å². The highest BCUT2D eigenvalue weighted by molar-refractivity contribution is 7.90. The van der Waals surface area contributed by atoms with Gasteiger partial charge in [0.05, 0.1) is 16.3 Å². The highest BCUT2D eigenvalue weighted by Crippen LogP contribution is 2.38. The van der Waals surface area contributed by atoms with Gasteiger partial charge in [-0.15, -0.1) is 0 Å². The number of aromatic nitrogens is 6. The van der Waals surface area contributed by atoms with Crippen LogP contribution in [-0.2, 0) is 21.8 Å². The largest absolute Gasteiger partial charge is 0.446 e. The van der Waals surface area contributed by atoms with Crippen molar-refractivity contribution in [3.63, 3.8) is 0 Å². The van der Waals surface area contributed by atoms with E-state index < -0.39 is 16.1 Å². The molecule has 194 valence electrons. The first-order chi connectivity index (χ1) is 18.3. The number of pyridine rings is 1. The fourth-order valence-corrected chi connectivity index (χ4v) is 6.57. The van der Waals surface area contributed by atoms with E-state index in [1.54, 1.807) is 60.7 Å². The van der Waals surface area contributed by atoms with Gasteiger partial charge < -0.3 is 4.74 Å². The molecule has 4 heterocycles. The van der Waals surface area contributed by atoms with E-state index in [0.29, 0.717) is 28.8 Å². The smallest absolute Gasteiger partial charge is 0.419 e. The van der Waals surface area contributed by atoms with Crippen molar-refractivity contribution in [2.75, 3.05) is 0 Å². The molecule has 0 bridgehead atoms. The van der Waals surface area contributed by atoms with Gasteiger partial charge in [-0.25, -0.2) is 31.7 Å². The maximum atomic E-state index is 13.9. The van der Waals surface area contributed by atoms with E-state index in [1.807, 2.05) is 19.1 Å². The molecule has 0 saturated heterocycles. The monoisotopic (exact) mass is 530 g/mol. The molecule has 0 amide bonds.